The highest BCUT2D eigenvalue weighted by atomic mass is 16.2. The van der Waals surface area contributed by atoms with E-state index in [4.69, 9.17) is 0 Å². The SMILES string of the molecule is CC(C)N1C(=O)C(=O)N(CC(=O)Nc2ccccc2)C1=O. The zero-order valence-electron chi connectivity index (χ0n) is 11.7. The Kier molecular flexibility index (Phi) is 4.02. The van der Waals surface area contributed by atoms with Gasteiger partial charge in [0.15, 0.2) is 0 Å². The third-order valence-corrected chi connectivity index (χ3v) is 2.96. The first-order valence-electron chi connectivity index (χ1n) is 6.45. The normalized spacial score (nSPS) is 15.1. The molecular weight excluding hydrogens is 274 g/mol. The fourth-order valence-corrected chi connectivity index (χ4v) is 1.98. The molecule has 0 radical (unpaired) electrons. The molecule has 0 spiro atoms. The second kappa shape index (κ2) is 5.74. The molecule has 7 nitrogen and oxygen atoms in total. The number of amides is 5. The monoisotopic (exact) mass is 289 g/mol. The quantitative estimate of drug-likeness (QED) is 0.657. The van der Waals surface area contributed by atoms with E-state index in [1.54, 1.807) is 44.2 Å². The minimum Gasteiger partial charge on any atom is -0.325 e. The van der Waals surface area contributed by atoms with E-state index < -0.39 is 36.3 Å². The Labute approximate surface area is 121 Å². The number of hydrogen-bond donors (Lipinski definition) is 1. The molecule has 1 heterocycles. The highest BCUT2D eigenvalue weighted by Gasteiger charge is 2.46. The van der Waals surface area contributed by atoms with Crippen molar-refractivity contribution in [1.29, 1.82) is 0 Å². The summed E-state index contributed by atoms with van der Waals surface area (Å²) in [4.78, 5) is 48.8. The number of nitrogens with zero attached hydrogens (tertiary/aromatic N) is 2. The number of carbonyl (C=O) groups is 4. The van der Waals surface area contributed by atoms with Gasteiger partial charge in [0.25, 0.3) is 0 Å². The fourth-order valence-electron chi connectivity index (χ4n) is 1.98. The average Bonchev–Trinajstić information content (AvgIpc) is 2.64. The van der Waals surface area contributed by atoms with Crippen LogP contribution in [0.5, 0.6) is 0 Å². The van der Waals surface area contributed by atoms with E-state index in [0.29, 0.717) is 10.6 Å². The zero-order chi connectivity index (χ0) is 15.6. The van der Waals surface area contributed by atoms with Gasteiger partial charge >= 0.3 is 17.8 Å². The molecule has 2 rings (SSSR count). The molecule has 0 aliphatic carbocycles. The summed E-state index contributed by atoms with van der Waals surface area (Å²) in [6, 6.07) is 7.44. The maximum Gasteiger partial charge on any atom is 0.334 e. The van der Waals surface area contributed by atoms with Crippen LogP contribution < -0.4 is 5.32 Å². The minimum absolute atomic E-state index is 0.434. The molecule has 1 aliphatic rings. The number of hydrogen-bond acceptors (Lipinski definition) is 4. The number of rotatable bonds is 4. The van der Waals surface area contributed by atoms with Crippen LogP contribution in [0.1, 0.15) is 13.8 Å². The molecule has 7 heteroatoms. The Hall–Kier alpha value is -2.70. The molecule has 0 saturated carbocycles. The van der Waals surface area contributed by atoms with E-state index in [9.17, 15) is 19.2 Å². The van der Waals surface area contributed by atoms with Gasteiger partial charge in [-0.25, -0.2) is 9.69 Å². The van der Waals surface area contributed by atoms with Crippen molar-refractivity contribution in [3.63, 3.8) is 0 Å². The molecule has 1 fully saturated rings. The molecule has 5 amide bonds. The molecular formula is C14H15N3O4. The van der Waals surface area contributed by atoms with Crippen LogP contribution in [0, 0.1) is 0 Å². The van der Waals surface area contributed by atoms with E-state index in [1.165, 1.54) is 0 Å². The second-order valence-corrected chi connectivity index (χ2v) is 4.86. The van der Waals surface area contributed by atoms with Crippen molar-refractivity contribution < 1.29 is 19.2 Å². The maximum atomic E-state index is 12.0. The summed E-state index contributed by atoms with van der Waals surface area (Å²) >= 11 is 0. The lowest BCUT2D eigenvalue weighted by atomic mass is 10.3. The Morgan fingerprint density at radius 3 is 2.24 bits per heavy atom. The highest BCUT2D eigenvalue weighted by Crippen LogP contribution is 2.15. The van der Waals surface area contributed by atoms with Gasteiger partial charge in [-0.2, -0.15) is 0 Å². The van der Waals surface area contributed by atoms with Gasteiger partial charge < -0.3 is 5.32 Å². The third-order valence-electron chi connectivity index (χ3n) is 2.96. The van der Waals surface area contributed by atoms with Crippen molar-refractivity contribution in [2.45, 2.75) is 19.9 Å². The van der Waals surface area contributed by atoms with Gasteiger partial charge in [0.05, 0.1) is 0 Å². The second-order valence-electron chi connectivity index (χ2n) is 4.86. The Balaban J connectivity index is 2.06. The van der Waals surface area contributed by atoms with Crippen LogP contribution >= 0.6 is 0 Å². The predicted octanol–water partition coefficient (Wildman–Crippen LogP) is 0.824. The summed E-state index contributed by atoms with van der Waals surface area (Å²) < 4.78 is 0. The lowest BCUT2D eigenvalue weighted by Crippen LogP contribution is -2.40. The van der Waals surface area contributed by atoms with Crippen molar-refractivity contribution in [3.05, 3.63) is 30.3 Å². The van der Waals surface area contributed by atoms with Gasteiger partial charge in [-0.1, -0.05) is 18.2 Å². The standard InChI is InChI=1S/C14H15N3O4/c1-9(2)17-13(20)12(19)16(14(17)21)8-11(18)15-10-6-4-3-5-7-10/h3-7,9H,8H2,1-2H3,(H,15,18). The summed E-state index contributed by atoms with van der Waals surface area (Å²) in [5.41, 5.74) is 0.550. The van der Waals surface area contributed by atoms with Crippen molar-refractivity contribution in [2.24, 2.45) is 0 Å². The van der Waals surface area contributed by atoms with E-state index in [0.717, 1.165) is 4.90 Å². The molecule has 0 aromatic heterocycles. The Morgan fingerprint density at radius 2 is 1.71 bits per heavy atom. The van der Waals surface area contributed by atoms with Crippen LogP contribution in [-0.4, -0.2) is 46.1 Å². The summed E-state index contributed by atoms with van der Waals surface area (Å²) in [5, 5.41) is 2.55. The van der Waals surface area contributed by atoms with Gasteiger partial charge in [0.1, 0.15) is 6.54 Å². The third kappa shape index (κ3) is 2.91. The molecule has 1 aliphatic heterocycles. The number of imide groups is 2. The molecule has 0 unspecified atom stereocenters. The largest absolute Gasteiger partial charge is 0.334 e. The number of benzene rings is 1. The zero-order valence-corrected chi connectivity index (χ0v) is 11.7. The van der Waals surface area contributed by atoms with Crippen LogP contribution in [0.25, 0.3) is 0 Å². The van der Waals surface area contributed by atoms with Crippen LogP contribution in [0.2, 0.25) is 0 Å². The maximum absolute atomic E-state index is 12.0. The van der Waals surface area contributed by atoms with Crippen molar-refractivity contribution in [1.82, 2.24) is 9.80 Å². The first-order chi connectivity index (χ1) is 9.91. The van der Waals surface area contributed by atoms with Gasteiger partial charge in [-0.15, -0.1) is 0 Å². The molecule has 21 heavy (non-hydrogen) atoms. The average molecular weight is 289 g/mol. The number of para-hydroxylation sites is 1. The van der Waals surface area contributed by atoms with Crippen LogP contribution in [0.4, 0.5) is 10.5 Å². The Bertz CT molecular complexity index is 597. The van der Waals surface area contributed by atoms with Crippen molar-refractivity contribution in [2.75, 3.05) is 11.9 Å². The Morgan fingerprint density at radius 1 is 1.10 bits per heavy atom. The van der Waals surface area contributed by atoms with E-state index in [2.05, 4.69) is 5.32 Å². The smallest absolute Gasteiger partial charge is 0.325 e. The van der Waals surface area contributed by atoms with Crippen LogP contribution in [0.15, 0.2) is 30.3 Å². The lowest BCUT2D eigenvalue weighted by Gasteiger charge is -2.18. The van der Waals surface area contributed by atoms with Gasteiger partial charge in [-0.05, 0) is 26.0 Å². The van der Waals surface area contributed by atoms with Crippen molar-refractivity contribution in [3.8, 4) is 0 Å². The fraction of sp³-hybridized carbons (Fsp3) is 0.286. The minimum atomic E-state index is -0.975. The number of carbonyl (C=O) groups excluding carboxylic acids is 4. The molecule has 0 atom stereocenters. The summed E-state index contributed by atoms with van der Waals surface area (Å²) in [6.45, 7) is 2.76. The molecule has 1 N–H and O–H groups in total. The van der Waals surface area contributed by atoms with Crippen molar-refractivity contribution >= 4 is 29.4 Å². The first kappa shape index (κ1) is 14.7. The molecule has 0 bridgehead atoms. The number of urea groups is 1. The van der Waals surface area contributed by atoms with Crippen LogP contribution in [0.3, 0.4) is 0 Å². The highest BCUT2D eigenvalue weighted by molar-refractivity contribution is 6.45. The number of nitrogens with one attached hydrogen (secondary N) is 1. The summed E-state index contributed by atoms with van der Waals surface area (Å²) in [5.74, 6) is -2.42. The topological polar surface area (TPSA) is 86.8 Å². The lowest BCUT2D eigenvalue weighted by molar-refractivity contribution is -0.144. The van der Waals surface area contributed by atoms with E-state index >= 15 is 0 Å². The molecule has 110 valence electrons. The summed E-state index contributed by atoms with van der Waals surface area (Å²) in [6.07, 6.45) is 0. The first-order valence-corrected chi connectivity index (χ1v) is 6.45. The van der Waals surface area contributed by atoms with E-state index in [1.807, 2.05) is 0 Å². The van der Waals surface area contributed by atoms with Gasteiger partial charge in [-0.3, -0.25) is 19.3 Å². The summed E-state index contributed by atoms with van der Waals surface area (Å²) in [7, 11) is 0. The van der Waals surface area contributed by atoms with Gasteiger partial charge in [0.2, 0.25) is 5.91 Å². The van der Waals surface area contributed by atoms with Crippen LogP contribution in [-0.2, 0) is 14.4 Å². The number of anilines is 1. The van der Waals surface area contributed by atoms with E-state index in [-0.39, 0.29) is 0 Å². The molecule has 1 aromatic rings. The predicted molar refractivity (Wildman–Crippen MR) is 74.2 cm³/mol. The molecule has 1 saturated heterocycles. The molecule has 1 aromatic carbocycles. The van der Waals surface area contributed by atoms with Gasteiger partial charge in [0, 0.05) is 11.7 Å².